The van der Waals surface area contributed by atoms with Crippen LogP contribution in [0.25, 0.3) is 0 Å². The maximum absolute atomic E-state index is 8.44. The highest BCUT2D eigenvalue weighted by Gasteiger charge is 2.30. The minimum atomic E-state index is -4.25. The lowest BCUT2D eigenvalue weighted by molar-refractivity contribution is 0.0617. The summed E-state index contributed by atoms with van der Waals surface area (Å²) in [6.07, 6.45) is 3.04. The molecule has 1 saturated heterocycles. The van der Waals surface area contributed by atoms with Crippen LogP contribution in [0.1, 0.15) is 19.3 Å². The van der Waals surface area contributed by atoms with E-state index < -0.39 is 9.05 Å². The fourth-order valence-corrected chi connectivity index (χ4v) is 1.34. The molecular formula is C6H14O5Si. The van der Waals surface area contributed by atoms with Gasteiger partial charge in [0.15, 0.2) is 0 Å². The number of unbranched alkanes of at least 4 members (excludes halogenated alkanes) is 1. The van der Waals surface area contributed by atoms with Crippen molar-refractivity contribution in [2.24, 2.45) is 0 Å². The van der Waals surface area contributed by atoms with Gasteiger partial charge in [-0.25, -0.2) is 0 Å². The van der Waals surface area contributed by atoms with Gasteiger partial charge in [0.2, 0.25) is 0 Å². The molecule has 0 saturated carbocycles. The first-order valence-electron chi connectivity index (χ1n) is 4.00. The van der Waals surface area contributed by atoms with Gasteiger partial charge in [-0.3, -0.25) is 0 Å². The van der Waals surface area contributed by atoms with Crippen molar-refractivity contribution in [2.75, 3.05) is 13.2 Å². The minimum Gasteiger partial charge on any atom is -0.373 e. The SMILES string of the molecule is O[Si](O)(O)OCCCCC1CO1. The molecule has 0 aromatic carbocycles. The zero-order chi connectivity index (χ0) is 9.03. The zero-order valence-electron chi connectivity index (χ0n) is 6.77. The van der Waals surface area contributed by atoms with Gasteiger partial charge in [-0.15, -0.1) is 0 Å². The van der Waals surface area contributed by atoms with E-state index in [1.54, 1.807) is 0 Å². The van der Waals surface area contributed by atoms with Crippen molar-refractivity contribution in [3.8, 4) is 0 Å². The predicted octanol–water partition coefficient (Wildman–Crippen LogP) is -1.02. The van der Waals surface area contributed by atoms with Crippen molar-refractivity contribution in [1.29, 1.82) is 0 Å². The smallest absolute Gasteiger partial charge is 0.373 e. The predicted molar refractivity (Wildman–Crippen MR) is 42.0 cm³/mol. The van der Waals surface area contributed by atoms with Crippen LogP contribution >= 0.6 is 0 Å². The van der Waals surface area contributed by atoms with Crippen LogP contribution < -0.4 is 0 Å². The molecular weight excluding hydrogens is 180 g/mol. The third kappa shape index (κ3) is 5.64. The largest absolute Gasteiger partial charge is 0.671 e. The van der Waals surface area contributed by atoms with Gasteiger partial charge in [0.05, 0.1) is 12.7 Å². The summed E-state index contributed by atoms with van der Waals surface area (Å²) in [5.41, 5.74) is 0. The van der Waals surface area contributed by atoms with Gasteiger partial charge in [0, 0.05) is 6.61 Å². The van der Waals surface area contributed by atoms with Gasteiger partial charge >= 0.3 is 9.05 Å². The topological polar surface area (TPSA) is 82.5 Å². The maximum Gasteiger partial charge on any atom is 0.671 e. The van der Waals surface area contributed by atoms with Crippen molar-refractivity contribution in [3.63, 3.8) is 0 Å². The standard InChI is InChI=1S/C6H14O5Si/c7-12(8,9)11-4-2-1-3-6-5-10-6/h6-9H,1-5H2. The van der Waals surface area contributed by atoms with Crippen molar-refractivity contribution < 1.29 is 23.5 Å². The Hall–Kier alpha value is 0.0169. The van der Waals surface area contributed by atoms with E-state index in [-0.39, 0.29) is 6.61 Å². The fraction of sp³-hybridized carbons (Fsp3) is 1.00. The molecule has 0 bridgehead atoms. The number of hydrogen-bond donors (Lipinski definition) is 3. The van der Waals surface area contributed by atoms with Gasteiger partial charge in [-0.05, 0) is 19.3 Å². The first-order chi connectivity index (χ1) is 5.58. The average Bonchev–Trinajstić information content (AvgIpc) is 2.68. The van der Waals surface area contributed by atoms with Crippen LogP contribution in [0.3, 0.4) is 0 Å². The lowest BCUT2D eigenvalue weighted by Crippen LogP contribution is -2.39. The Morgan fingerprint density at radius 2 is 2.00 bits per heavy atom. The number of ether oxygens (including phenoxy) is 1. The van der Waals surface area contributed by atoms with Crippen LogP contribution in [0.2, 0.25) is 0 Å². The van der Waals surface area contributed by atoms with Crippen molar-refractivity contribution in [3.05, 3.63) is 0 Å². The second kappa shape index (κ2) is 4.31. The second-order valence-electron chi connectivity index (χ2n) is 2.87. The van der Waals surface area contributed by atoms with Crippen LogP contribution in [0.4, 0.5) is 0 Å². The molecule has 0 aliphatic carbocycles. The van der Waals surface area contributed by atoms with Crippen LogP contribution in [0.5, 0.6) is 0 Å². The average molecular weight is 194 g/mol. The molecule has 0 spiro atoms. The Labute approximate surface area is 72.0 Å². The third-order valence-electron chi connectivity index (χ3n) is 1.62. The Morgan fingerprint density at radius 1 is 1.33 bits per heavy atom. The molecule has 12 heavy (non-hydrogen) atoms. The summed E-state index contributed by atoms with van der Waals surface area (Å²) in [5, 5.41) is 0. The van der Waals surface area contributed by atoms with E-state index in [0.29, 0.717) is 6.10 Å². The monoisotopic (exact) mass is 194 g/mol. The van der Waals surface area contributed by atoms with E-state index in [0.717, 1.165) is 25.9 Å². The lowest BCUT2D eigenvalue weighted by atomic mass is 10.2. The molecule has 72 valence electrons. The molecule has 1 unspecified atom stereocenters. The van der Waals surface area contributed by atoms with Crippen molar-refractivity contribution in [2.45, 2.75) is 25.4 Å². The molecule has 3 N–H and O–H groups in total. The molecule has 5 nitrogen and oxygen atoms in total. The first kappa shape index (κ1) is 10.1. The molecule has 1 aliphatic rings. The Balaban J connectivity index is 1.82. The zero-order valence-corrected chi connectivity index (χ0v) is 7.77. The molecule has 0 radical (unpaired) electrons. The molecule has 0 aromatic rings. The molecule has 6 heteroatoms. The molecule has 1 heterocycles. The number of rotatable bonds is 6. The quantitative estimate of drug-likeness (QED) is 0.286. The summed E-state index contributed by atoms with van der Waals surface area (Å²) in [5.74, 6) is 0. The third-order valence-corrected chi connectivity index (χ3v) is 2.21. The van der Waals surface area contributed by atoms with E-state index in [2.05, 4.69) is 4.43 Å². The van der Waals surface area contributed by atoms with Gasteiger partial charge in [-0.2, -0.15) is 0 Å². The van der Waals surface area contributed by atoms with Crippen LogP contribution in [0.15, 0.2) is 0 Å². The summed E-state index contributed by atoms with van der Waals surface area (Å²) in [4.78, 5) is 25.3. The van der Waals surface area contributed by atoms with Crippen molar-refractivity contribution >= 4 is 9.05 Å². The molecule has 1 aliphatic heterocycles. The Kier molecular flexibility index (Phi) is 3.63. The molecule has 1 fully saturated rings. The van der Waals surface area contributed by atoms with Gasteiger partial charge in [-0.1, -0.05) is 0 Å². The normalized spacial score (nSPS) is 22.8. The lowest BCUT2D eigenvalue weighted by Gasteiger charge is -2.08. The van der Waals surface area contributed by atoms with Gasteiger partial charge in [0.25, 0.3) is 0 Å². The van der Waals surface area contributed by atoms with E-state index in [1.165, 1.54) is 0 Å². The maximum atomic E-state index is 8.44. The summed E-state index contributed by atoms with van der Waals surface area (Å²) in [7, 11) is -4.25. The van der Waals surface area contributed by atoms with Crippen LogP contribution in [-0.2, 0) is 9.16 Å². The minimum absolute atomic E-state index is 0.197. The van der Waals surface area contributed by atoms with Gasteiger partial charge in [0.1, 0.15) is 0 Å². The highest BCUT2D eigenvalue weighted by Crippen LogP contribution is 2.16. The van der Waals surface area contributed by atoms with E-state index in [9.17, 15) is 0 Å². The van der Waals surface area contributed by atoms with Crippen LogP contribution in [0, 0.1) is 0 Å². The molecule has 0 amide bonds. The summed E-state index contributed by atoms with van der Waals surface area (Å²) in [6, 6.07) is 0. The molecule has 1 atom stereocenters. The summed E-state index contributed by atoms with van der Waals surface area (Å²) >= 11 is 0. The highest BCUT2D eigenvalue weighted by atomic mass is 28.4. The van der Waals surface area contributed by atoms with Gasteiger partial charge < -0.3 is 23.5 Å². The Morgan fingerprint density at radius 3 is 2.50 bits per heavy atom. The first-order valence-corrected chi connectivity index (χ1v) is 5.75. The molecule has 1 rings (SSSR count). The molecule has 0 aromatic heterocycles. The van der Waals surface area contributed by atoms with Crippen LogP contribution in [-0.4, -0.2) is 42.8 Å². The summed E-state index contributed by atoms with van der Waals surface area (Å²) in [6.45, 7) is 1.04. The fourth-order valence-electron chi connectivity index (χ4n) is 0.918. The van der Waals surface area contributed by atoms with Crippen molar-refractivity contribution in [1.82, 2.24) is 0 Å². The highest BCUT2D eigenvalue weighted by molar-refractivity contribution is 6.48. The van der Waals surface area contributed by atoms with E-state index >= 15 is 0 Å². The number of hydrogen-bond acceptors (Lipinski definition) is 5. The summed E-state index contributed by atoms with van der Waals surface area (Å²) < 4.78 is 9.37. The van der Waals surface area contributed by atoms with E-state index in [4.69, 9.17) is 19.1 Å². The second-order valence-corrected chi connectivity index (χ2v) is 4.31. The number of epoxide rings is 1. The Bertz CT molecular complexity index is 130. The van der Waals surface area contributed by atoms with E-state index in [1.807, 2.05) is 0 Å².